The molecule has 0 aliphatic carbocycles. The first-order valence-corrected chi connectivity index (χ1v) is 16.1. The number of sulfonamides is 1. The van der Waals surface area contributed by atoms with Gasteiger partial charge in [0, 0.05) is 18.7 Å². The van der Waals surface area contributed by atoms with Crippen LogP contribution in [0.25, 0.3) is 10.2 Å². The second kappa shape index (κ2) is 15.0. The molecule has 0 N–H and O–H groups in total. The number of hydrogen-bond acceptors (Lipinski definition) is 8. The molecule has 0 saturated heterocycles. The van der Waals surface area contributed by atoms with E-state index in [2.05, 4.69) is 4.99 Å². The van der Waals surface area contributed by atoms with Crippen molar-refractivity contribution in [1.82, 2.24) is 8.87 Å². The fraction of sp³-hybridized carbons (Fsp3) is 0.448. The lowest BCUT2D eigenvalue weighted by atomic mass is 10.2. The maximum Gasteiger partial charge on any atom is 0.338 e. The van der Waals surface area contributed by atoms with Crippen molar-refractivity contribution >= 4 is 49.4 Å². The van der Waals surface area contributed by atoms with E-state index < -0.39 is 27.9 Å². The van der Waals surface area contributed by atoms with Crippen LogP contribution in [-0.2, 0) is 30.8 Å². The van der Waals surface area contributed by atoms with Gasteiger partial charge < -0.3 is 14.0 Å². The second-order valence-corrected chi connectivity index (χ2v) is 12.2. The van der Waals surface area contributed by atoms with Crippen molar-refractivity contribution in [3.05, 3.63) is 58.4 Å². The van der Waals surface area contributed by atoms with Crippen LogP contribution < -0.4 is 4.80 Å². The van der Waals surface area contributed by atoms with Crippen LogP contribution in [0.1, 0.15) is 74.1 Å². The van der Waals surface area contributed by atoms with Crippen molar-refractivity contribution < 1.29 is 32.3 Å². The van der Waals surface area contributed by atoms with Gasteiger partial charge in [-0.05, 0) is 69.2 Å². The molecule has 3 rings (SSSR count). The molecule has 0 aliphatic heterocycles. The molecule has 0 spiro atoms. The maximum atomic E-state index is 13.3. The topological polar surface area (TPSA) is 124 Å². The first-order valence-electron chi connectivity index (χ1n) is 13.8. The maximum absolute atomic E-state index is 13.3. The molecule has 0 fully saturated rings. The number of benzene rings is 2. The van der Waals surface area contributed by atoms with Crippen molar-refractivity contribution in [3.63, 3.8) is 0 Å². The third kappa shape index (κ3) is 8.11. The Balaban J connectivity index is 1.98. The Kier molecular flexibility index (Phi) is 11.8. The Bertz CT molecular complexity index is 1530. The summed E-state index contributed by atoms with van der Waals surface area (Å²) < 4.78 is 40.4. The van der Waals surface area contributed by atoms with Gasteiger partial charge in [0.05, 0.1) is 33.9 Å². The van der Waals surface area contributed by atoms with E-state index in [4.69, 9.17) is 9.47 Å². The Morgan fingerprint density at radius 2 is 1.49 bits per heavy atom. The second-order valence-electron chi connectivity index (χ2n) is 9.23. The molecule has 0 saturated carbocycles. The molecule has 10 nitrogen and oxygen atoms in total. The van der Waals surface area contributed by atoms with E-state index in [1.165, 1.54) is 28.6 Å². The predicted octanol–water partition coefficient (Wildman–Crippen LogP) is 4.77. The van der Waals surface area contributed by atoms with Gasteiger partial charge in [-0.15, -0.1) is 0 Å². The van der Waals surface area contributed by atoms with Gasteiger partial charge >= 0.3 is 11.9 Å². The van der Waals surface area contributed by atoms with E-state index in [1.54, 1.807) is 36.6 Å². The number of thiazole rings is 1. The number of unbranched alkanes of at least 4 members (excludes halogenated alkanes) is 2. The highest BCUT2D eigenvalue weighted by Gasteiger charge is 2.24. The van der Waals surface area contributed by atoms with Crippen molar-refractivity contribution in [1.29, 1.82) is 0 Å². The number of amides is 1. The molecule has 0 unspecified atom stereocenters. The van der Waals surface area contributed by atoms with Crippen LogP contribution in [0.3, 0.4) is 0 Å². The van der Waals surface area contributed by atoms with Gasteiger partial charge in [-0.2, -0.15) is 9.30 Å². The Morgan fingerprint density at radius 1 is 0.878 bits per heavy atom. The fourth-order valence-electron chi connectivity index (χ4n) is 4.08. The van der Waals surface area contributed by atoms with Crippen molar-refractivity contribution in [2.24, 2.45) is 4.99 Å². The standard InChI is InChI=1S/C29H37N3O7S2/c1-5-9-17-31(18-10-6-2)41(36,37)23-14-11-21(12-15-23)27(34)30-29-32(20-26(33)38-7-3)24-16-13-22(19-25(24)40-29)28(35)39-8-4/h11-16,19H,5-10,17-18,20H2,1-4H3. The summed E-state index contributed by atoms with van der Waals surface area (Å²) in [6.45, 7) is 8.58. The van der Waals surface area contributed by atoms with E-state index in [9.17, 15) is 22.8 Å². The van der Waals surface area contributed by atoms with Crippen LogP contribution in [0.5, 0.6) is 0 Å². The largest absolute Gasteiger partial charge is 0.465 e. The summed E-state index contributed by atoms with van der Waals surface area (Å²) in [4.78, 5) is 42.3. The molecule has 0 bridgehead atoms. The van der Waals surface area contributed by atoms with Crippen molar-refractivity contribution in [2.75, 3.05) is 26.3 Å². The molecule has 222 valence electrons. The molecule has 1 heterocycles. The number of rotatable bonds is 14. The first kappa shape index (κ1) is 32.2. The molecule has 12 heteroatoms. The zero-order valence-corrected chi connectivity index (χ0v) is 25.6. The number of hydrogen-bond donors (Lipinski definition) is 0. The minimum atomic E-state index is -3.71. The quantitative estimate of drug-likeness (QED) is 0.243. The zero-order chi connectivity index (χ0) is 30.0. The van der Waals surface area contributed by atoms with Gasteiger partial charge in [-0.3, -0.25) is 9.59 Å². The molecule has 0 atom stereocenters. The fourth-order valence-corrected chi connectivity index (χ4v) is 6.66. The van der Waals surface area contributed by atoms with E-state index in [0.717, 1.165) is 37.0 Å². The Labute approximate surface area is 244 Å². The molecule has 1 amide bonds. The Morgan fingerprint density at radius 3 is 2.07 bits per heavy atom. The summed E-state index contributed by atoms with van der Waals surface area (Å²) in [5.41, 5.74) is 1.14. The van der Waals surface area contributed by atoms with Gasteiger partial charge in [0.25, 0.3) is 5.91 Å². The third-order valence-corrected chi connectivity index (χ3v) is 9.20. The molecular formula is C29H37N3O7S2. The van der Waals surface area contributed by atoms with Gasteiger partial charge in [-0.1, -0.05) is 38.0 Å². The van der Waals surface area contributed by atoms with Crippen LogP contribution in [0.2, 0.25) is 0 Å². The van der Waals surface area contributed by atoms with E-state index in [-0.39, 0.29) is 35.0 Å². The molecule has 0 aliphatic rings. The SMILES string of the molecule is CCCCN(CCCC)S(=O)(=O)c1ccc(C(=O)N=c2sc3cc(C(=O)OCC)ccc3n2CC(=O)OCC)cc1. The van der Waals surface area contributed by atoms with Gasteiger partial charge in [0.2, 0.25) is 10.0 Å². The summed E-state index contributed by atoms with van der Waals surface area (Å²) in [5, 5.41) is 0. The minimum Gasteiger partial charge on any atom is -0.465 e. The third-order valence-electron chi connectivity index (χ3n) is 6.24. The highest BCUT2D eigenvalue weighted by Crippen LogP contribution is 2.21. The van der Waals surface area contributed by atoms with E-state index >= 15 is 0 Å². The number of ether oxygens (including phenoxy) is 2. The lowest BCUT2D eigenvalue weighted by Crippen LogP contribution is -2.33. The highest BCUT2D eigenvalue weighted by atomic mass is 32.2. The van der Waals surface area contributed by atoms with Crippen LogP contribution in [0.15, 0.2) is 52.4 Å². The number of carbonyl (C=O) groups is 3. The van der Waals surface area contributed by atoms with Crippen LogP contribution in [-0.4, -0.2) is 61.4 Å². The number of nitrogens with zero attached hydrogens (tertiary/aromatic N) is 3. The highest BCUT2D eigenvalue weighted by molar-refractivity contribution is 7.89. The number of carbonyl (C=O) groups excluding carboxylic acids is 3. The molecule has 0 radical (unpaired) electrons. The Hall–Kier alpha value is -3.35. The average Bonchev–Trinajstić information content (AvgIpc) is 3.28. The van der Waals surface area contributed by atoms with Crippen LogP contribution >= 0.6 is 11.3 Å². The number of esters is 2. The number of aromatic nitrogens is 1. The molecule has 2 aromatic carbocycles. The summed E-state index contributed by atoms with van der Waals surface area (Å²) in [7, 11) is -3.71. The van der Waals surface area contributed by atoms with Crippen molar-refractivity contribution in [3.8, 4) is 0 Å². The average molecular weight is 604 g/mol. The lowest BCUT2D eigenvalue weighted by molar-refractivity contribution is -0.143. The molecular weight excluding hydrogens is 566 g/mol. The zero-order valence-electron chi connectivity index (χ0n) is 23.9. The smallest absolute Gasteiger partial charge is 0.338 e. The number of fused-ring (bicyclic) bond motifs is 1. The normalized spacial score (nSPS) is 12.2. The predicted molar refractivity (Wildman–Crippen MR) is 157 cm³/mol. The molecule has 3 aromatic rings. The van der Waals surface area contributed by atoms with Gasteiger partial charge in [0.1, 0.15) is 6.54 Å². The minimum absolute atomic E-state index is 0.118. The monoisotopic (exact) mass is 603 g/mol. The van der Waals surface area contributed by atoms with Gasteiger partial charge in [0.15, 0.2) is 4.80 Å². The first-order chi connectivity index (χ1) is 19.7. The lowest BCUT2D eigenvalue weighted by Gasteiger charge is -2.22. The molecule has 41 heavy (non-hydrogen) atoms. The van der Waals surface area contributed by atoms with E-state index in [1.807, 2.05) is 13.8 Å². The summed E-state index contributed by atoms with van der Waals surface area (Å²) in [6, 6.07) is 10.6. The van der Waals surface area contributed by atoms with Gasteiger partial charge in [-0.25, -0.2) is 13.2 Å². The summed E-state index contributed by atoms with van der Waals surface area (Å²) in [5.74, 6) is -1.58. The molecule has 1 aromatic heterocycles. The summed E-state index contributed by atoms with van der Waals surface area (Å²) >= 11 is 1.14. The van der Waals surface area contributed by atoms with E-state index in [0.29, 0.717) is 28.9 Å². The summed E-state index contributed by atoms with van der Waals surface area (Å²) in [6.07, 6.45) is 3.29. The van der Waals surface area contributed by atoms with Crippen molar-refractivity contribution in [2.45, 2.75) is 64.8 Å². The van der Waals surface area contributed by atoms with Crippen LogP contribution in [0, 0.1) is 0 Å². The van der Waals surface area contributed by atoms with Crippen LogP contribution in [0.4, 0.5) is 0 Å².